The van der Waals surface area contributed by atoms with Crippen LogP contribution < -0.4 is 10.1 Å². The number of aromatic nitrogens is 3. The van der Waals surface area contributed by atoms with Gasteiger partial charge in [-0.1, -0.05) is 6.92 Å². The SMILES string of the molecule is CCC(C)NC(=O)Cn1c(-c2ccc(OC)cc2)n[nH]c1=S. The van der Waals surface area contributed by atoms with Gasteiger partial charge in [-0.25, -0.2) is 0 Å². The van der Waals surface area contributed by atoms with E-state index in [9.17, 15) is 4.79 Å². The molecule has 118 valence electrons. The number of aromatic amines is 1. The van der Waals surface area contributed by atoms with Crippen molar-refractivity contribution in [1.82, 2.24) is 20.1 Å². The standard InChI is InChI=1S/C15H20N4O2S/c1-4-10(2)16-13(20)9-19-14(17-18-15(19)22)11-5-7-12(21-3)8-6-11/h5-8,10H,4,9H2,1-3H3,(H,16,20)(H,18,22). The van der Waals surface area contributed by atoms with Gasteiger partial charge in [-0.05, 0) is 49.8 Å². The lowest BCUT2D eigenvalue weighted by atomic mass is 10.2. The summed E-state index contributed by atoms with van der Waals surface area (Å²) >= 11 is 5.22. The molecule has 0 saturated carbocycles. The molecule has 0 aliphatic rings. The molecular formula is C15H20N4O2S. The zero-order valence-corrected chi connectivity index (χ0v) is 13.7. The molecule has 0 spiro atoms. The number of methoxy groups -OCH3 is 1. The number of nitrogens with one attached hydrogen (secondary N) is 2. The molecule has 0 saturated heterocycles. The van der Waals surface area contributed by atoms with Crippen molar-refractivity contribution in [2.75, 3.05) is 7.11 Å². The lowest BCUT2D eigenvalue weighted by Crippen LogP contribution is -2.34. The first-order chi connectivity index (χ1) is 10.5. The first-order valence-corrected chi connectivity index (χ1v) is 7.55. The molecule has 1 aromatic carbocycles. The Bertz CT molecular complexity index is 690. The second-order valence-electron chi connectivity index (χ2n) is 5.04. The fraction of sp³-hybridized carbons (Fsp3) is 0.400. The summed E-state index contributed by atoms with van der Waals surface area (Å²) in [5, 5.41) is 9.88. The summed E-state index contributed by atoms with van der Waals surface area (Å²) in [7, 11) is 1.62. The summed E-state index contributed by atoms with van der Waals surface area (Å²) in [6.45, 7) is 4.13. The van der Waals surface area contributed by atoms with Crippen LogP contribution in [0.3, 0.4) is 0 Å². The van der Waals surface area contributed by atoms with Crippen molar-refractivity contribution in [2.24, 2.45) is 0 Å². The molecule has 6 nitrogen and oxygen atoms in total. The monoisotopic (exact) mass is 320 g/mol. The van der Waals surface area contributed by atoms with E-state index in [2.05, 4.69) is 15.5 Å². The first-order valence-electron chi connectivity index (χ1n) is 7.14. The van der Waals surface area contributed by atoms with Crippen molar-refractivity contribution in [3.63, 3.8) is 0 Å². The van der Waals surface area contributed by atoms with Gasteiger partial charge in [0.2, 0.25) is 5.91 Å². The lowest BCUT2D eigenvalue weighted by molar-refractivity contribution is -0.122. The predicted octanol–water partition coefficient (Wildman–Crippen LogP) is 2.53. The van der Waals surface area contributed by atoms with Gasteiger partial charge >= 0.3 is 0 Å². The van der Waals surface area contributed by atoms with Gasteiger partial charge in [-0.15, -0.1) is 0 Å². The van der Waals surface area contributed by atoms with Gasteiger partial charge in [0.15, 0.2) is 10.6 Å². The number of rotatable bonds is 6. The van der Waals surface area contributed by atoms with Crippen LogP contribution in [0.1, 0.15) is 20.3 Å². The highest BCUT2D eigenvalue weighted by atomic mass is 32.1. The van der Waals surface area contributed by atoms with Crippen molar-refractivity contribution < 1.29 is 9.53 Å². The number of carbonyl (C=O) groups is 1. The van der Waals surface area contributed by atoms with Crippen molar-refractivity contribution in [3.05, 3.63) is 29.0 Å². The quantitative estimate of drug-likeness (QED) is 0.802. The zero-order valence-electron chi connectivity index (χ0n) is 12.9. The second kappa shape index (κ2) is 7.22. The molecule has 7 heteroatoms. The minimum absolute atomic E-state index is 0.0818. The third kappa shape index (κ3) is 3.73. The van der Waals surface area contributed by atoms with Crippen molar-refractivity contribution >= 4 is 18.1 Å². The molecule has 1 atom stereocenters. The summed E-state index contributed by atoms with van der Waals surface area (Å²) in [5.74, 6) is 1.31. The van der Waals surface area contributed by atoms with Crippen LogP contribution in [0.5, 0.6) is 5.75 Å². The van der Waals surface area contributed by atoms with Crippen molar-refractivity contribution in [1.29, 1.82) is 0 Å². The van der Waals surface area contributed by atoms with Gasteiger partial charge in [-0.2, -0.15) is 5.10 Å². The summed E-state index contributed by atoms with van der Waals surface area (Å²) < 4.78 is 7.25. The highest BCUT2D eigenvalue weighted by Gasteiger charge is 2.13. The maximum absolute atomic E-state index is 12.1. The number of ether oxygens (including phenoxy) is 1. The molecular weight excluding hydrogens is 300 g/mol. The molecule has 0 bridgehead atoms. The van der Waals surface area contributed by atoms with Gasteiger partial charge in [0.1, 0.15) is 12.3 Å². The summed E-state index contributed by atoms with van der Waals surface area (Å²) in [6, 6.07) is 7.59. The number of amides is 1. The van der Waals surface area contributed by atoms with E-state index in [0.717, 1.165) is 17.7 Å². The Labute approximate surface area is 134 Å². The van der Waals surface area contributed by atoms with Crippen LogP contribution in [0.2, 0.25) is 0 Å². The second-order valence-corrected chi connectivity index (χ2v) is 5.43. The molecule has 22 heavy (non-hydrogen) atoms. The minimum atomic E-state index is -0.0818. The van der Waals surface area contributed by atoms with Crippen LogP contribution in [0.4, 0.5) is 0 Å². The Balaban J connectivity index is 2.23. The average molecular weight is 320 g/mol. The van der Waals surface area contributed by atoms with E-state index < -0.39 is 0 Å². The van der Waals surface area contributed by atoms with Crippen LogP contribution in [0.15, 0.2) is 24.3 Å². The maximum Gasteiger partial charge on any atom is 0.240 e. The van der Waals surface area contributed by atoms with Crippen molar-refractivity contribution in [3.8, 4) is 17.1 Å². The first kappa shape index (κ1) is 16.2. The van der Waals surface area contributed by atoms with Gasteiger partial charge < -0.3 is 10.1 Å². The van der Waals surface area contributed by atoms with E-state index in [-0.39, 0.29) is 18.5 Å². The predicted molar refractivity (Wildman–Crippen MR) is 87.3 cm³/mol. The highest BCUT2D eigenvalue weighted by Crippen LogP contribution is 2.20. The summed E-state index contributed by atoms with van der Waals surface area (Å²) in [4.78, 5) is 12.1. The Morgan fingerprint density at radius 1 is 1.45 bits per heavy atom. The molecule has 1 heterocycles. The van der Waals surface area contributed by atoms with E-state index >= 15 is 0 Å². The fourth-order valence-corrected chi connectivity index (χ4v) is 2.19. The highest BCUT2D eigenvalue weighted by molar-refractivity contribution is 7.71. The zero-order chi connectivity index (χ0) is 16.1. The Hall–Kier alpha value is -2.15. The van der Waals surface area contributed by atoms with E-state index in [4.69, 9.17) is 17.0 Å². The van der Waals surface area contributed by atoms with E-state index in [1.54, 1.807) is 11.7 Å². The minimum Gasteiger partial charge on any atom is -0.497 e. The van der Waals surface area contributed by atoms with Crippen LogP contribution in [0.25, 0.3) is 11.4 Å². The van der Waals surface area contributed by atoms with Crippen LogP contribution >= 0.6 is 12.2 Å². The van der Waals surface area contributed by atoms with Crippen LogP contribution in [-0.2, 0) is 11.3 Å². The third-order valence-corrected chi connectivity index (χ3v) is 3.74. The largest absolute Gasteiger partial charge is 0.497 e. The normalized spacial score (nSPS) is 12.0. The average Bonchev–Trinajstić information content (AvgIpc) is 2.88. The van der Waals surface area contributed by atoms with Gasteiger partial charge in [-0.3, -0.25) is 14.5 Å². The van der Waals surface area contributed by atoms with Gasteiger partial charge in [0, 0.05) is 11.6 Å². The Kier molecular flexibility index (Phi) is 5.32. The smallest absolute Gasteiger partial charge is 0.240 e. The van der Waals surface area contributed by atoms with Crippen molar-refractivity contribution in [2.45, 2.75) is 32.9 Å². The molecule has 1 aromatic heterocycles. The molecule has 1 unspecified atom stereocenters. The lowest BCUT2D eigenvalue weighted by Gasteiger charge is -2.12. The number of carbonyl (C=O) groups excluding carboxylic acids is 1. The van der Waals surface area contributed by atoms with E-state index in [1.165, 1.54) is 0 Å². The maximum atomic E-state index is 12.1. The van der Waals surface area contributed by atoms with Gasteiger partial charge in [0.25, 0.3) is 0 Å². The topological polar surface area (TPSA) is 71.9 Å². The number of hydrogen-bond acceptors (Lipinski definition) is 4. The number of H-pyrrole nitrogens is 1. The number of hydrogen-bond donors (Lipinski definition) is 2. The van der Waals surface area contributed by atoms with E-state index in [0.29, 0.717) is 10.6 Å². The molecule has 0 aliphatic heterocycles. The summed E-state index contributed by atoms with van der Waals surface area (Å²) in [5.41, 5.74) is 0.865. The molecule has 0 aliphatic carbocycles. The summed E-state index contributed by atoms with van der Waals surface area (Å²) in [6.07, 6.45) is 0.883. The Morgan fingerprint density at radius 2 is 2.14 bits per heavy atom. The Morgan fingerprint density at radius 3 is 2.73 bits per heavy atom. The molecule has 2 aromatic rings. The van der Waals surface area contributed by atoms with Gasteiger partial charge in [0.05, 0.1) is 7.11 Å². The third-order valence-electron chi connectivity index (χ3n) is 3.43. The van der Waals surface area contributed by atoms with E-state index in [1.807, 2.05) is 38.1 Å². The fourth-order valence-electron chi connectivity index (χ4n) is 1.99. The molecule has 2 N–H and O–H groups in total. The molecule has 1 amide bonds. The number of benzene rings is 1. The van der Waals surface area contributed by atoms with Crippen LogP contribution in [-0.4, -0.2) is 33.8 Å². The molecule has 2 rings (SSSR count). The molecule has 0 radical (unpaired) electrons. The van der Waals surface area contributed by atoms with Crippen LogP contribution in [0, 0.1) is 4.77 Å². The number of nitrogens with zero attached hydrogens (tertiary/aromatic N) is 2. The molecule has 0 fully saturated rings.